The number of hydrogen-bond donors (Lipinski definition) is 2. The number of nitrogens with two attached hydrogens (primary N) is 1. The van der Waals surface area contributed by atoms with Crippen LogP contribution in [0.15, 0.2) is 12.2 Å². The Hall–Kier alpha value is -1.36. The SMILES string of the molecule is NC1C=CC(C(=O)N2CCC(C(=O)O)CC2)C1. The smallest absolute Gasteiger partial charge is 0.306 e. The lowest BCUT2D eigenvalue weighted by Crippen LogP contribution is -2.42. The van der Waals surface area contributed by atoms with E-state index in [0.29, 0.717) is 32.4 Å². The average molecular weight is 238 g/mol. The number of carbonyl (C=O) groups excluding carboxylic acids is 1. The fraction of sp³-hybridized carbons (Fsp3) is 0.667. The molecule has 1 saturated heterocycles. The van der Waals surface area contributed by atoms with Gasteiger partial charge in [0.15, 0.2) is 0 Å². The molecular formula is C12H18N2O3. The highest BCUT2D eigenvalue weighted by atomic mass is 16.4. The number of piperidine rings is 1. The monoisotopic (exact) mass is 238 g/mol. The number of carboxylic acid groups (broad SMARTS) is 1. The molecule has 0 aromatic carbocycles. The van der Waals surface area contributed by atoms with E-state index < -0.39 is 5.97 Å². The van der Waals surface area contributed by atoms with Crippen molar-refractivity contribution >= 4 is 11.9 Å². The van der Waals surface area contributed by atoms with E-state index in [9.17, 15) is 9.59 Å². The summed E-state index contributed by atoms with van der Waals surface area (Å²) in [7, 11) is 0. The maximum atomic E-state index is 12.1. The van der Waals surface area contributed by atoms with Gasteiger partial charge in [-0.25, -0.2) is 0 Å². The van der Waals surface area contributed by atoms with Crippen molar-refractivity contribution in [1.29, 1.82) is 0 Å². The Balaban J connectivity index is 1.86. The lowest BCUT2D eigenvalue weighted by Gasteiger charge is -2.31. The molecule has 0 saturated carbocycles. The van der Waals surface area contributed by atoms with Crippen molar-refractivity contribution in [2.45, 2.75) is 25.3 Å². The van der Waals surface area contributed by atoms with Gasteiger partial charge in [-0.05, 0) is 19.3 Å². The molecule has 3 N–H and O–H groups in total. The second-order valence-corrected chi connectivity index (χ2v) is 4.83. The first kappa shape index (κ1) is 12.1. The van der Waals surface area contributed by atoms with Crippen LogP contribution in [0.1, 0.15) is 19.3 Å². The second-order valence-electron chi connectivity index (χ2n) is 4.83. The molecule has 0 aromatic rings. The summed E-state index contributed by atoms with van der Waals surface area (Å²) in [4.78, 5) is 24.7. The van der Waals surface area contributed by atoms with Crippen LogP contribution < -0.4 is 5.73 Å². The highest BCUT2D eigenvalue weighted by Gasteiger charge is 2.31. The molecule has 2 atom stereocenters. The van der Waals surface area contributed by atoms with Crippen LogP contribution in [0.3, 0.4) is 0 Å². The zero-order valence-corrected chi connectivity index (χ0v) is 9.71. The van der Waals surface area contributed by atoms with Gasteiger partial charge < -0.3 is 15.7 Å². The Labute approximate surface area is 100 Å². The van der Waals surface area contributed by atoms with Crippen LogP contribution in [0.2, 0.25) is 0 Å². The standard InChI is InChI=1S/C12H18N2O3/c13-10-2-1-9(7-10)11(15)14-5-3-8(4-6-14)12(16)17/h1-2,8-10H,3-7,13H2,(H,16,17). The van der Waals surface area contributed by atoms with Gasteiger partial charge in [-0.3, -0.25) is 9.59 Å². The summed E-state index contributed by atoms with van der Waals surface area (Å²) >= 11 is 0. The van der Waals surface area contributed by atoms with Gasteiger partial charge >= 0.3 is 5.97 Å². The molecule has 17 heavy (non-hydrogen) atoms. The number of hydrogen-bond acceptors (Lipinski definition) is 3. The molecule has 2 unspecified atom stereocenters. The van der Waals surface area contributed by atoms with Gasteiger partial charge in [0.2, 0.25) is 5.91 Å². The van der Waals surface area contributed by atoms with Crippen molar-refractivity contribution in [2.24, 2.45) is 17.6 Å². The van der Waals surface area contributed by atoms with Crippen molar-refractivity contribution < 1.29 is 14.7 Å². The molecule has 1 aliphatic heterocycles. The molecule has 1 amide bonds. The van der Waals surface area contributed by atoms with E-state index in [1.54, 1.807) is 4.90 Å². The fourth-order valence-electron chi connectivity index (χ4n) is 2.49. The van der Waals surface area contributed by atoms with Gasteiger partial charge in [0, 0.05) is 19.1 Å². The van der Waals surface area contributed by atoms with E-state index in [1.165, 1.54) is 0 Å². The molecule has 0 radical (unpaired) electrons. The lowest BCUT2D eigenvalue weighted by molar-refractivity contribution is -0.146. The summed E-state index contributed by atoms with van der Waals surface area (Å²) < 4.78 is 0. The largest absolute Gasteiger partial charge is 0.481 e. The normalized spacial score (nSPS) is 29.6. The summed E-state index contributed by atoms with van der Waals surface area (Å²) in [6.07, 6.45) is 5.54. The van der Waals surface area contributed by atoms with E-state index in [1.807, 2.05) is 12.2 Å². The Kier molecular flexibility index (Phi) is 3.47. The minimum absolute atomic E-state index is 0.0134. The molecular weight excluding hydrogens is 220 g/mol. The molecule has 94 valence electrons. The van der Waals surface area contributed by atoms with Gasteiger partial charge in [0.1, 0.15) is 0 Å². The first-order valence-electron chi connectivity index (χ1n) is 6.03. The average Bonchev–Trinajstić information content (AvgIpc) is 2.75. The van der Waals surface area contributed by atoms with Gasteiger partial charge in [-0.2, -0.15) is 0 Å². The first-order chi connectivity index (χ1) is 8.08. The van der Waals surface area contributed by atoms with E-state index >= 15 is 0 Å². The summed E-state index contributed by atoms with van der Waals surface area (Å²) in [6, 6.07) is -0.0134. The topological polar surface area (TPSA) is 83.6 Å². The summed E-state index contributed by atoms with van der Waals surface area (Å²) in [5, 5.41) is 8.88. The van der Waals surface area contributed by atoms with Crippen LogP contribution in [-0.4, -0.2) is 41.0 Å². The van der Waals surface area contributed by atoms with Gasteiger partial charge in [-0.1, -0.05) is 12.2 Å². The quantitative estimate of drug-likeness (QED) is 0.674. The number of nitrogens with zero attached hydrogens (tertiary/aromatic N) is 1. The molecule has 5 nitrogen and oxygen atoms in total. The molecule has 1 aliphatic carbocycles. The predicted molar refractivity (Wildman–Crippen MR) is 62.2 cm³/mol. The summed E-state index contributed by atoms with van der Waals surface area (Å²) in [6.45, 7) is 1.10. The number of carboxylic acids is 1. The van der Waals surface area contributed by atoms with Crippen molar-refractivity contribution in [1.82, 2.24) is 4.90 Å². The van der Waals surface area contributed by atoms with Crippen LogP contribution in [0.25, 0.3) is 0 Å². The maximum Gasteiger partial charge on any atom is 0.306 e. The third-order valence-corrected chi connectivity index (χ3v) is 3.59. The minimum atomic E-state index is -0.750. The Morgan fingerprint density at radius 2 is 1.88 bits per heavy atom. The Morgan fingerprint density at radius 1 is 1.24 bits per heavy atom. The molecule has 0 aromatic heterocycles. The van der Waals surface area contributed by atoms with Gasteiger partial charge in [0.05, 0.1) is 11.8 Å². The second kappa shape index (κ2) is 4.87. The Bertz CT molecular complexity index is 346. The third kappa shape index (κ3) is 2.66. The van der Waals surface area contributed by atoms with E-state index in [-0.39, 0.29) is 23.8 Å². The molecule has 1 heterocycles. The van der Waals surface area contributed by atoms with E-state index in [4.69, 9.17) is 10.8 Å². The summed E-state index contributed by atoms with van der Waals surface area (Å²) in [5.74, 6) is -1.05. The van der Waals surface area contributed by atoms with E-state index in [0.717, 1.165) is 0 Å². The molecule has 2 rings (SSSR count). The number of carbonyl (C=O) groups is 2. The van der Waals surface area contributed by atoms with Crippen LogP contribution in [-0.2, 0) is 9.59 Å². The number of rotatable bonds is 2. The molecule has 0 spiro atoms. The maximum absolute atomic E-state index is 12.1. The molecule has 0 bridgehead atoms. The highest BCUT2D eigenvalue weighted by Crippen LogP contribution is 2.23. The van der Waals surface area contributed by atoms with Crippen LogP contribution >= 0.6 is 0 Å². The lowest BCUT2D eigenvalue weighted by atomic mass is 9.95. The Morgan fingerprint density at radius 3 is 2.35 bits per heavy atom. The van der Waals surface area contributed by atoms with Gasteiger partial charge in [-0.15, -0.1) is 0 Å². The fourth-order valence-corrected chi connectivity index (χ4v) is 2.49. The van der Waals surface area contributed by atoms with Crippen LogP contribution in [0, 0.1) is 11.8 Å². The van der Waals surface area contributed by atoms with Crippen molar-refractivity contribution in [3.05, 3.63) is 12.2 Å². The van der Waals surface area contributed by atoms with Gasteiger partial charge in [0.25, 0.3) is 0 Å². The van der Waals surface area contributed by atoms with Crippen molar-refractivity contribution in [3.8, 4) is 0 Å². The first-order valence-corrected chi connectivity index (χ1v) is 6.03. The number of aliphatic carboxylic acids is 1. The number of amides is 1. The highest BCUT2D eigenvalue weighted by molar-refractivity contribution is 5.81. The summed E-state index contributed by atoms with van der Waals surface area (Å²) in [5.41, 5.74) is 5.72. The third-order valence-electron chi connectivity index (χ3n) is 3.59. The van der Waals surface area contributed by atoms with Crippen LogP contribution in [0.4, 0.5) is 0 Å². The number of likely N-dealkylation sites (tertiary alicyclic amines) is 1. The molecule has 2 aliphatic rings. The molecule has 5 heteroatoms. The zero-order chi connectivity index (χ0) is 12.4. The van der Waals surface area contributed by atoms with Crippen molar-refractivity contribution in [3.63, 3.8) is 0 Å². The van der Waals surface area contributed by atoms with Crippen molar-refractivity contribution in [2.75, 3.05) is 13.1 Å². The van der Waals surface area contributed by atoms with Crippen LogP contribution in [0.5, 0.6) is 0 Å². The zero-order valence-electron chi connectivity index (χ0n) is 9.71. The van der Waals surface area contributed by atoms with E-state index in [2.05, 4.69) is 0 Å². The predicted octanol–water partition coefficient (Wildman–Crippen LogP) is 0.213. The minimum Gasteiger partial charge on any atom is -0.481 e. The molecule has 1 fully saturated rings.